The quantitative estimate of drug-likeness (QED) is 0.622. The maximum atomic E-state index is 13.0. The molecule has 2 fully saturated rings. The van der Waals surface area contributed by atoms with Crippen LogP contribution in [0.15, 0.2) is 47.5 Å². The number of amides is 1. The van der Waals surface area contributed by atoms with Gasteiger partial charge in [0.1, 0.15) is 10.7 Å². The number of fused-ring (bicyclic) bond motifs is 1. The molecule has 32 heavy (non-hydrogen) atoms. The van der Waals surface area contributed by atoms with Gasteiger partial charge in [0, 0.05) is 50.9 Å². The number of sulfonamides is 1. The van der Waals surface area contributed by atoms with Gasteiger partial charge in [0.2, 0.25) is 10.0 Å². The first kappa shape index (κ1) is 20.9. The molecule has 4 heterocycles. The van der Waals surface area contributed by atoms with Crippen molar-refractivity contribution in [2.75, 3.05) is 57.4 Å². The molecule has 0 unspecified atom stereocenters. The van der Waals surface area contributed by atoms with Crippen molar-refractivity contribution in [1.82, 2.24) is 24.4 Å². The lowest BCUT2D eigenvalue weighted by atomic mass is 10.2. The lowest BCUT2D eigenvalue weighted by molar-refractivity contribution is 0.0730. The highest BCUT2D eigenvalue weighted by atomic mass is 32.2. The van der Waals surface area contributed by atoms with Crippen LogP contribution in [0.5, 0.6) is 0 Å². The number of hydrogen-bond donors (Lipinski definition) is 1. The van der Waals surface area contributed by atoms with Crippen LogP contribution in [-0.2, 0) is 14.8 Å². The van der Waals surface area contributed by atoms with Gasteiger partial charge < -0.3 is 14.5 Å². The Morgan fingerprint density at radius 1 is 0.969 bits per heavy atom. The number of rotatable bonds is 4. The van der Waals surface area contributed by atoms with Crippen molar-refractivity contribution in [2.24, 2.45) is 0 Å². The highest BCUT2D eigenvalue weighted by Crippen LogP contribution is 2.22. The normalized spacial score (nSPS) is 18.2. The van der Waals surface area contributed by atoms with Gasteiger partial charge >= 0.3 is 0 Å². The van der Waals surface area contributed by atoms with Crippen molar-refractivity contribution in [2.45, 2.75) is 4.90 Å². The average Bonchev–Trinajstić information content (AvgIpc) is 3.28. The minimum Gasteiger partial charge on any atom is -0.379 e. The fourth-order valence-electron chi connectivity index (χ4n) is 4.06. The highest BCUT2D eigenvalue weighted by Gasteiger charge is 2.28. The van der Waals surface area contributed by atoms with Gasteiger partial charge in [0.25, 0.3) is 5.91 Å². The Morgan fingerprint density at radius 3 is 2.44 bits per heavy atom. The Balaban J connectivity index is 1.24. The second-order valence-corrected chi connectivity index (χ2v) is 9.70. The fourth-order valence-corrected chi connectivity index (χ4v) is 5.42. The minimum absolute atomic E-state index is 0.0954. The molecular formula is C21H24N6O4S. The van der Waals surface area contributed by atoms with E-state index < -0.39 is 10.0 Å². The number of pyridine rings is 1. The van der Waals surface area contributed by atoms with Gasteiger partial charge in [0.15, 0.2) is 5.69 Å². The number of morpholine rings is 1. The van der Waals surface area contributed by atoms with Gasteiger partial charge in [-0.2, -0.15) is 9.40 Å². The molecule has 0 aliphatic carbocycles. The Kier molecular flexibility index (Phi) is 5.53. The van der Waals surface area contributed by atoms with E-state index in [1.165, 1.54) is 10.5 Å². The van der Waals surface area contributed by atoms with Crippen molar-refractivity contribution in [3.63, 3.8) is 0 Å². The second-order valence-electron chi connectivity index (χ2n) is 7.77. The molecule has 1 amide bonds. The van der Waals surface area contributed by atoms with E-state index in [2.05, 4.69) is 20.1 Å². The maximum Gasteiger partial charge on any atom is 0.275 e. The number of aromatic amines is 1. The third kappa shape index (κ3) is 3.83. The van der Waals surface area contributed by atoms with Crippen LogP contribution in [0.4, 0.5) is 5.82 Å². The van der Waals surface area contributed by atoms with E-state index >= 15 is 0 Å². The topological polar surface area (TPSA) is 112 Å². The highest BCUT2D eigenvalue weighted by molar-refractivity contribution is 7.89. The molecule has 10 nitrogen and oxygen atoms in total. The van der Waals surface area contributed by atoms with Crippen molar-refractivity contribution < 1.29 is 17.9 Å². The molecule has 3 aromatic rings. The Bertz CT molecular complexity index is 1210. The van der Waals surface area contributed by atoms with Crippen LogP contribution in [0.3, 0.4) is 0 Å². The van der Waals surface area contributed by atoms with E-state index in [0.717, 1.165) is 10.9 Å². The van der Waals surface area contributed by atoms with Crippen LogP contribution in [0.1, 0.15) is 10.5 Å². The molecular weight excluding hydrogens is 432 g/mol. The third-order valence-corrected chi connectivity index (χ3v) is 7.77. The molecule has 0 atom stereocenters. The molecule has 5 rings (SSSR count). The van der Waals surface area contributed by atoms with E-state index in [0.29, 0.717) is 64.0 Å². The van der Waals surface area contributed by atoms with Gasteiger partial charge in [-0.25, -0.2) is 13.4 Å². The summed E-state index contributed by atoms with van der Waals surface area (Å²) < 4.78 is 32.2. The molecule has 2 aliphatic heterocycles. The number of carbonyl (C=O) groups excluding carboxylic acids is 1. The molecule has 2 aliphatic rings. The van der Waals surface area contributed by atoms with Gasteiger partial charge in [-0.05, 0) is 18.2 Å². The first-order valence-electron chi connectivity index (χ1n) is 10.6. The standard InChI is InChI=1S/C21H24N6O4S/c28-21(20-17-3-1-2-4-18(17)23-24-20)26-9-7-25(8-10-26)19-6-5-16(15-22-19)32(29,30)27-11-13-31-14-12-27/h1-6,15H,7-14H2,(H,23,24). The third-order valence-electron chi connectivity index (χ3n) is 5.89. The number of aromatic nitrogens is 3. The first-order valence-corrected chi connectivity index (χ1v) is 12.0. The molecule has 1 aromatic carbocycles. The first-order chi connectivity index (χ1) is 15.5. The second kappa shape index (κ2) is 8.49. The van der Waals surface area contributed by atoms with Crippen LogP contribution in [-0.4, -0.2) is 91.2 Å². The number of anilines is 1. The van der Waals surface area contributed by atoms with Crippen molar-refractivity contribution in [1.29, 1.82) is 0 Å². The SMILES string of the molecule is O=C(c1n[nH]c2ccccc12)N1CCN(c2ccc(S(=O)(=O)N3CCOCC3)cn2)CC1. The molecule has 0 radical (unpaired) electrons. The number of para-hydroxylation sites is 1. The Morgan fingerprint density at radius 2 is 1.72 bits per heavy atom. The van der Waals surface area contributed by atoms with Crippen molar-refractivity contribution in [3.05, 3.63) is 48.3 Å². The fraction of sp³-hybridized carbons (Fsp3) is 0.381. The summed E-state index contributed by atoms with van der Waals surface area (Å²) in [6.45, 7) is 3.80. The molecule has 2 saturated heterocycles. The monoisotopic (exact) mass is 456 g/mol. The number of ether oxygens (including phenoxy) is 1. The number of nitrogens with zero attached hydrogens (tertiary/aromatic N) is 5. The number of carbonyl (C=O) groups is 1. The molecule has 11 heteroatoms. The number of nitrogens with one attached hydrogen (secondary N) is 1. The summed E-state index contributed by atoms with van der Waals surface area (Å²) in [5, 5.41) is 7.93. The average molecular weight is 457 g/mol. The van der Waals surface area contributed by atoms with Crippen LogP contribution in [0, 0.1) is 0 Å². The van der Waals surface area contributed by atoms with Crippen molar-refractivity contribution >= 4 is 32.7 Å². The Hall–Kier alpha value is -3.02. The van der Waals surface area contributed by atoms with Gasteiger partial charge in [-0.1, -0.05) is 18.2 Å². The van der Waals surface area contributed by atoms with E-state index in [1.54, 1.807) is 17.0 Å². The summed E-state index contributed by atoms with van der Waals surface area (Å²) in [4.78, 5) is 21.4. The van der Waals surface area contributed by atoms with Crippen LogP contribution >= 0.6 is 0 Å². The van der Waals surface area contributed by atoms with Gasteiger partial charge in [-0.15, -0.1) is 0 Å². The molecule has 2 aromatic heterocycles. The molecule has 1 N–H and O–H groups in total. The lowest BCUT2D eigenvalue weighted by Crippen LogP contribution is -2.49. The minimum atomic E-state index is -3.56. The van der Waals surface area contributed by atoms with Gasteiger partial charge in [-0.3, -0.25) is 9.89 Å². The van der Waals surface area contributed by atoms with E-state index in [-0.39, 0.29) is 10.8 Å². The summed E-state index contributed by atoms with van der Waals surface area (Å²) in [5.41, 5.74) is 1.27. The summed E-state index contributed by atoms with van der Waals surface area (Å²) in [6, 6.07) is 10.9. The number of piperazine rings is 1. The predicted octanol–water partition coefficient (Wildman–Crippen LogP) is 0.941. The van der Waals surface area contributed by atoms with Crippen LogP contribution < -0.4 is 4.90 Å². The van der Waals surface area contributed by atoms with Crippen molar-refractivity contribution in [3.8, 4) is 0 Å². The number of H-pyrrole nitrogens is 1. The summed E-state index contributed by atoms with van der Waals surface area (Å²) in [7, 11) is -3.56. The van der Waals surface area contributed by atoms with Crippen LogP contribution in [0.2, 0.25) is 0 Å². The summed E-state index contributed by atoms with van der Waals surface area (Å²) in [6.07, 6.45) is 1.41. The van der Waals surface area contributed by atoms with E-state index in [1.807, 2.05) is 24.3 Å². The predicted molar refractivity (Wildman–Crippen MR) is 118 cm³/mol. The van der Waals surface area contributed by atoms with E-state index in [4.69, 9.17) is 4.74 Å². The molecule has 0 saturated carbocycles. The summed E-state index contributed by atoms with van der Waals surface area (Å²) in [5.74, 6) is 0.602. The molecule has 0 spiro atoms. The lowest BCUT2D eigenvalue weighted by Gasteiger charge is -2.35. The zero-order valence-corrected chi connectivity index (χ0v) is 18.3. The smallest absolute Gasteiger partial charge is 0.275 e. The Labute approximate surface area is 185 Å². The number of benzene rings is 1. The maximum absolute atomic E-state index is 13.0. The zero-order valence-electron chi connectivity index (χ0n) is 17.5. The van der Waals surface area contributed by atoms with Gasteiger partial charge in [0.05, 0.1) is 18.7 Å². The number of hydrogen-bond acceptors (Lipinski definition) is 7. The van der Waals surface area contributed by atoms with Crippen LogP contribution in [0.25, 0.3) is 10.9 Å². The molecule has 168 valence electrons. The molecule has 0 bridgehead atoms. The zero-order chi connectivity index (χ0) is 22.1. The largest absolute Gasteiger partial charge is 0.379 e. The van der Waals surface area contributed by atoms with E-state index in [9.17, 15) is 13.2 Å². The summed E-state index contributed by atoms with van der Waals surface area (Å²) >= 11 is 0.